The largest absolute Gasteiger partial charge is 0.355 e. The van der Waals surface area contributed by atoms with E-state index in [1.807, 2.05) is 37.3 Å². The van der Waals surface area contributed by atoms with Crippen molar-refractivity contribution in [2.45, 2.75) is 30.7 Å². The first-order valence-corrected chi connectivity index (χ1v) is 11.7. The zero-order valence-electron chi connectivity index (χ0n) is 18.2. The van der Waals surface area contributed by atoms with Crippen molar-refractivity contribution in [1.29, 1.82) is 0 Å². The third kappa shape index (κ3) is 4.81. The minimum absolute atomic E-state index is 0.0903. The predicted molar refractivity (Wildman–Crippen MR) is 122 cm³/mol. The number of carbonyl (C=O) groups excluding carboxylic acids is 1. The molecule has 0 radical (unpaired) electrons. The van der Waals surface area contributed by atoms with E-state index in [2.05, 4.69) is 10.0 Å². The Morgan fingerprint density at radius 3 is 2.38 bits per heavy atom. The van der Waals surface area contributed by atoms with Gasteiger partial charge in [-0.15, -0.1) is 0 Å². The van der Waals surface area contributed by atoms with Gasteiger partial charge >= 0.3 is 5.69 Å². The zero-order chi connectivity index (χ0) is 23.5. The van der Waals surface area contributed by atoms with Crippen molar-refractivity contribution in [3.8, 4) is 0 Å². The van der Waals surface area contributed by atoms with E-state index in [1.165, 1.54) is 36.9 Å². The quantitative estimate of drug-likeness (QED) is 0.514. The van der Waals surface area contributed by atoms with Crippen molar-refractivity contribution in [2.24, 2.45) is 14.1 Å². The molecule has 1 heterocycles. The highest BCUT2D eigenvalue weighted by molar-refractivity contribution is 7.89. The number of fused-ring (bicyclic) bond motifs is 1. The van der Waals surface area contributed by atoms with E-state index < -0.39 is 33.2 Å². The van der Waals surface area contributed by atoms with E-state index in [1.54, 1.807) is 0 Å². The summed E-state index contributed by atoms with van der Waals surface area (Å²) >= 11 is 0. The Hall–Kier alpha value is -3.24. The molecule has 0 aliphatic rings. The Balaban J connectivity index is 2.00. The molecule has 0 aliphatic heterocycles. The summed E-state index contributed by atoms with van der Waals surface area (Å²) in [5.41, 5.74) is 0.0150. The Labute approximate surface area is 185 Å². The molecule has 1 atom stereocenters. The highest BCUT2D eigenvalue weighted by Crippen LogP contribution is 2.16. The molecule has 0 spiro atoms. The van der Waals surface area contributed by atoms with Gasteiger partial charge in [0, 0.05) is 20.6 Å². The van der Waals surface area contributed by atoms with Crippen molar-refractivity contribution < 1.29 is 13.2 Å². The van der Waals surface area contributed by atoms with Gasteiger partial charge in [-0.05, 0) is 36.6 Å². The number of aryl methyl sites for hydroxylation is 1. The van der Waals surface area contributed by atoms with Gasteiger partial charge in [0.05, 0.1) is 15.8 Å². The molecule has 2 aromatic carbocycles. The second-order valence-electron chi connectivity index (χ2n) is 7.54. The first-order chi connectivity index (χ1) is 15.2. The van der Waals surface area contributed by atoms with Gasteiger partial charge in [0.25, 0.3) is 5.56 Å². The van der Waals surface area contributed by atoms with Crippen molar-refractivity contribution in [1.82, 2.24) is 19.2 Å². The molecule has 9 nitrogen and oxygen atoms in total. The summed E-state index contributed by atoms with van der Waals surface area (Å²) in [6.07, 6.45) is 0.878. The monoisotopic (exact) mass is 458 g/mol. The lowest BCUT2D eigenvalue weighted by Crippen LogP contribution is -2.48. The van der Waals surface area contributed by atoms with Crippen molar-refractivity contribution in [3.63, 3.8) is 0 Å². The summed E-state index contributed by atoms with van der Waals surface area (Å²) in [7, 11) is -1.30. The van der Waals surface area contributed by atoms with Crippen molar-refractivity contribution >= 4 is 26.8 Å². The zero-order valence-corrected chi connectivity index (χ0v) is 19.0. The lowest BCUT2D eigenvalue weighted by molar-refractivity contribution is -0.122. The SMILES string of the molecule is CCCNC(=O)[C@H](Cc1ccccc1)NS(=O)(=O)c1ccc2c(c1)c(=O)n(C)c(=O)n2C. The summed E-state index contributed by atoms with van der Waals surface area (Å²) < 4.78 is 30.9. The molecule has 3 rings (SSSR count). The smallest absolute Gasteiger partial charge is 0.330 e. The average molecular weight is 459 g/mol. The van der Waals surface area contributed by atoms with E-state index in [4.69, 9.17) is 0 Å². The van der Waals surface area contributed by atoms with E-state index in [0.717, 1.165) is 10.1 Å². The molecule has 0 saturated carbocycles. The van der Waals surface area contributed by atoms with E-state index in [-0.39, 0.29) is 16.7 Å². The van der Waals surface area contributed by atoms with Crippen LogP contribution in [0, 0.1) is 0 Å². The Kier molecular flexibility index (Phi) is 6.95. The normalized spacial score (nSPS) is 12.6. The van der Waals surface area contributed by atoms with E-state index >= 15 is 0 Å². The maximum atomic E-state index is 13.1. The van der Waals surface area contributed by atoms with Gasteiger partial charge in [-0.25, -0.2) is 13.2 Å². The lowest BCUT2D eigenvalue weighted by Gasteiger charge is -2.19. The predicted octanol–water partition coefficient (Wildman–Crippen LogP) is 0.653. The number of nitrogens with zero attached hydrogens (tertiary/aromatic N) is 2. The van der Waals surface area contributed by atoms with Crippen LogP contribution in [-0.2, 0) is 35.3 Å². The number of rotatable bonds is 8. The Bertz CT molecular complexity index is 1360. The second-order valence-corrected chi connectivity index (χ2v) is 9.25. The van der Waals surface area contributed by atoms with E-state index in [9.17, 15) is 22.8 Å². The van der Waals surface area contributed by atoms with Crippen LogP contribution in [0.15, 0.2) is 63.0 Å². The van der Waals surface area contributed by atoms with Gasteiger partial charge in [-0.2, -0.15) is 4.72 Å². The molecule has 0 fully saturated rings. The number of sulfonamides is 1. The number of carbonyl (C=O) groups is 1. The summed E-state index contributed by atoms with van der Waals surface area (Å²) in [5.74, 6) is -0.432. The number of nitrogens with one attached hydrogen (secondary N) is 2. The molecular weight excluding hydrogens is 432 g/mol. The molecule has 0 aliphatic carbocycles. The molecule has 32 heavy (non-hydrogen) atoms. The third-order valence-corrected chi connectivity index (χ3v) is 6.66. The Morgan fingerprint density at radius 1 is 1.03 bits per heavy atom. The topological polar surface area (TPSA) is 119 Å². The average Bonchev–Trinajstić information content (AvgIpc) is 2.79. The fourth-order valence-electron chi connectivity index (χ4n) is 3.41. The number of aromatic nitrogens is 2. The van der Waals surface area contributed by atoms with Gasteiger partial charge in [-0.1, -0.05) is 37.3 Å². The first-order valence-electron chi connectivity index (χ1n) is 10.2. The number of hydrogen-bond donors (Lipinski definition) is 2. The van der Waals surface area contributed by atoms with Crippen LogP contribution in [0.25, 0.3) is 10.9 Å². The van der Waals surface area contributed by atoms with Crippen LogP contribution in [0.4, 0.5) is 0 Å². The molecule has 0 saturated heterocycles. The summed E-state index contributed by atoms with van der Waals surface area (Å²) in [5, 5.41) is 2.82. The van der Waals surface area contributed by atoms with Crippen LogP contribution >= 0.6 is 0 Å². The third-order valence-electron chi connectivity index (χ3n) is 5.19. The molecule has 170 valence electrons. The molecule has 3 aromatic rings. The first kappa shape index (κ1) is 23.4. The Morgan fingerprint density at radius 2 is 1.72 bits per heavy atom. The standard InChI is InChI=1S/C22H26N4O5S/c1-4-12-23-20(27)18(13-15-8-6-5-7-9-15)24-32(30,31)16-10-11-19-17(14-16)21(28)26(3)22(29)25(19)2/h5-11,14,18,24H,4,12-13H2,1-3H3,(H,23,27)/t18-/m0/s1. The van der Waals surface area contributed by atoms with Crippen LogP contribution in [0.2, 0.25) is 0 Å². The lowest BCUT2D eigenvalue weighted by atomic mass is 10.1. The summed E-state index contributed by atoms with van der Waals surface area (Å²) in [4.78, 5) is 37.2. The van der Waals surface area contributed by atoms with E-state index in [0.29, 0.717) is 18.5 Å². The number of amides is 1. The maximum absolute atomic E-state index is 13.1. The van der Waals surface area contributed by atoms with Gasteiger partial charge in [0.15, 0.2) is 0 Å². The minimum Gasteiger partial charge on any atom is -0.355 e. The van der Waals surface area contributed by atoms with Crippen molar-refractivity contribution in [2.75, 3.05) is 6.54 Å². The molecule has 1 amide bonds. The van der Waals surface area contributed by atoms with Crippen molar-refractivity contribution in [3.05, 3.63) is 74.9 Å². The summed E-state index contributed by atoms with van der Waals surface area (Å²) in [6.45, 7) is 2.32. The van der Waals surface area contributed by atoms with Gasteiger partial charge in [0.2, 0.25) is 15.9 Å². The van der Waals surface area contributed by atoms with Gasteiger partial charge in [0.1, 0.15) is 6.04 Å². The van der Waals surface area contributed by atoms with Gasteiger partial charge < -0.3 is 5.32 Å². The second kappa shape index (κ2) is 9.49. The van der Waals surface area contributed by atoms with Crippen LogP contribution in [0.5, 0.6) is 0 Å². The summed E-state index contributed by atoms with van der Waals surface area (Å²) in [6, 6.07) is 12.0. The molecule has 2 N–H and O–H groups in total. The molecule has 0 bridgehead atoms. The molecule has 1 aromatic heterocycles. The number of benzene rings is 2. The highest BCUT2D eigenvalue weighted by Gasteiger charge is 2.26. The molecular formula is C22H26N4O5S. The van der Waals surface area contributed by atoms with Gasteiger partial charge in [-0.3, -0.25) is 18.7 Å². The fraction of sp³-hybridized carbons (Fsp3) is 0.318. The fourth-order valence-corrected chi connectivity index (χ4v) is 4.63. The van der Waals surface area contributed by atoms with Crippen LogP contribution < -0.4 is 21.3 Å². The van der Waals surface area contributed by atoms with Crippen LogP contribution in [0.3, 0.4) is 0 Å². The maximum Gasteiger partial charge on any atom is 0.330 e. The number of hydrogen-bond acceptors (Lipinski definition) is 5. The highest BCUT2D eigenvalue weighted by atomic mass is 32.2. The van der Waals surface area contributed by atoms with Crippen LogP contribution in [0.1, 0.15) is 18.9 Å². The minimum atomic E-state index is -4.14. The van der Waals surface area contributed by atoms with Crippen LogP contribution in [-0.4, -0.2) is 36.0 Å². The molecule has 10 heteroatoms. The molecule has 0 unspecified atom stereocenters.